The van der Waals surface area contributed by atoms with Crippen molar-refractivity contribution in [2.75, 3.05) is 7.11 Å². The van der Waals surface area contributed by atoms with Gasteiger partial charge < -0.3 is 13.9 Å². The Morgan fingerprint density at radius 1 is 1.10 bits per heavy atom. The van der Waals surface area contributed by atoms with Crippen molar-refractivity contribution in [1.82, 2.24) is 4.57 Å². The Morgan fingerprint density at radius 2 is 1.82 bits per heavy atom. The van der Waals surface area contributed by atoms with Crippen LogP contribution in [-0.4, -0.2) is 23.8 Å². The zero-order valence-corrected chi connectivity index (χ0v) is 25.5. The van der Waals surface area contributed by atoms with Crippen molar-refractivity contribution in [2.45, 2.75) is 32.9 Å². The normalized spacial score (nSPS) is 15.4. The third kappa shape index (κ3) is 5.46. The summed E-state index contributed by atoms with van der Waals surface area (Å²) >= 11 is 8.20. The summed E-state index contributed by atoms with van der Waals surface area (Å²) in [6, 6.07) is 16.2. The molecule has 3 heterocycles. The third-order valence-electron chi connectivity index (χ3n) is 6.10. The van der Waals surface area contributed by atoms with Crippen LogP contribution < -0.4 is 19.6 Å². The number of halogens is 2. The maximum Gasteiger partial charge on any atom is 0.338 e. The second-order valence-corrected chi connectivity index (χ2v) is 12.0. The average molecular weight is 672 g/mol. The molecule has 0 aliphatic carbocycles. The maximum atomic E-state index is 13.9. The second kappa shape index (κ2) is 11.1. The van der Waals surface area contributed by atoms with E-state index in [-0.39, 0.29) is 17.2 Å². The number of hydrogen-bond donors (Lipinski definition) is 0. The van der Waals surface area contributed by atoms with E-state index in [9.17, 15) is 9.59 Å². The van der Waals surface area contributed by atoms with Crippen molar-refractivity contribution < 1.29 is 18.7 Å². The van der Waals surface area contributed by atoms with Crippen molar-refractivity contribution in [3.05, 3.63) is 106 Å². The highest BCUT2D eigenvalue weighted by Crippen LogP contribution is 2.37. The van der Waals surface area contributed by atoms with Crippen LogP contribution in [0.2, 0.25) is 0 Å². The van der Waals surface area contributed by atoms with E-state index in [1.165, 1.54) is 15.9 Å². The number of nitrogens with zero attached hydrogens (tertiary/aromatic N) is 2. The molecule has 0 N–H and O–H groups in total. The van der Waals surface area contributed by atoms with Crippen LogP contribution in [0.15, 0.2) is 89.0 Å². The van der Waals surface area contributed by atoms with Gasteiger partial charge in [0.05, 0.1) is 29.0 Å². The van der Waals surface area contributed by atoms with Gasteiger partial charge in [-0.3, -0.25) is 9.36 Å². The van der Waals surface area contributed by atoms with Crippen molar-refractivity contribution in [1.29, 1.82) is 0 Å². The number of hydrogen-bond acceptors (Lipinski definition) is 7. The summed E-state index contributed by atoms with van der Waals surface area (Å²) in [7, 11) is 1.55. The summed E-state index contributed by atoms with van der Waals surface area (Å²) < 4.78 is 21.0. The molecule has 4 aromatic rings. The van der Waals surface area contributed by atoms with Gasteiger partial charge in [0.15, 0.2) is 4.80 Å². The van der Waals surface area contributed by atoms with Gasteiger partial charge in [-0.1, -0.05) is 55.3 Å². The molecule has 0 bridgehead atoms. The van der Waals surface area contributed by atoms with Crippen LogP contribution >= 0.6 is 43.2 Å². The summed E-state index contributed by atoms with van der Waals surface area (Å²) in [5.41, 5.74) is 2.03. The van der Waals surface area contributed by atoms with E-state index >= 15 is 0 Å². The minimum absolute atomic E-state index is 0.287. The average Bonchev–Trinajstić information content (AvgIpc) is 3.47. The smallest absolute Gasteiger partial charge is 0.338 e. The maximum absolute atomic E-state index is 13.9. The molecule has 10 heteroatoms. The van der Waals surface area contributed by atoms with Gasteiger partial charge in [-0.25, -0.2) is 9.79 Å². The molecule has 0 unspecified atom stereocenters. The van der Waals surface area contributed by atoms with E-state index in [0.29, 0.717) is 37.9 Å². The fraction of sp³-hybridized carbons (Fsp3) is 0.207. The number of rotatable bonds is 6. The van der Waals surface area contributed by atoms with Gasteiger partial charge in [0.25, 0.3) is 5.56 Å². The minimum Gasteiger partial charge on any atom is -0.496 e. The predicted octanol–water partition coefficient (Wildman–Crippen LogP) is 5.98. The molecule has 5 rings (SSSR count). The van der Waals surface area contributed by atoms with Crippen molar-refractivity contribution in [3.8, 4) is 17.1 Å². The largest absolute Gasteiger partial charge is 0.496 e. The summed E-state index contributed by atoms with van der Waals surface area (Å²) in [5, 5.41) is 0. The number of aromatic nitrogens is 1. The number of esters is 1. The molecule has 39 heavy (non-hydrogen) atoms. The fourth-order valence-electron chi connectivity index (χ4n) is 4.40. The molecule has 7 nitrogen and oxygen atoms in total. The zero-order valence-electron chi connectivity index (χ0n) is 21.5. The highest BCUT2D eigenvalue weighted by atomic mass is 79.9. The Hall–Kier alpha value is -3.21. The molecule has 0 radical (unpaired) electrons. The van der Waals surface area contributed by atoms with E-state index < -0.39 is 12.0 Å². The van der Waals surface area contributed by atoms with Crippen molar-refractivity contribution in [3.63, 3.8) is 0 Å². The molecule has 2 aromatic heterocycles. The highest BCUT2D eigenvalue weighted by Gasteiger charge is 2.35. The molecule has 2 aromatic carbocycles. The van der Waals surface area contributed by atoms with Crippen LogP contribution in [0.3, 0.4) is 0 Å². The number of methoxy groups -OCH3 is 1. The van der Waals surface area contributed by atoms with Crippen LogP contribution in [0.4, 0.5) is 0 Å². The quantitative estimate of drug-likeness (QED) is 0.236. The SMILES string of the molecule is COc1ccc(Br)cc1[C@@H]1C(C(=O)OC(C)C)=C(C)N=c2s/c(=C\c3ccc(-c4ccc(Br)cc4)o3)c(=O)n21. The predicted molar refractivity (Wildman–Crippen MR) is 158 cm³/mol. The van der Waals surface area contributed by atoms with E-state index in [2.05, 4.69) is 36.9 Å². The van der Waals surface area contributed by atoms with E-state index in [0.717, 1.165) is 14.5 Å². The number of carbonyl (C=O) groups is 1. The molecule has 200 valence electrons. The molecule has 0 spiro atoms. The van der Waals surface area contributed by atoms with E-state index in [1.807, 2.05) is 48.5 Å². The van der Waals surface area contributed by atoms with Gasteiger partial charge in [0.2, 0.25) is 0 Å². The molecule has 1 aliphatic rings. The van der Waals surface area contributed by atoms with E-state index in [4.69, 9.17) is 13.9 Å². The Morgan fingerprint density at radius 3 is 2.51 bits per heavy atom. The molecule has 0 fully saturated rings. The first-order chi connectivity index (χ1) is 18.7. The van der Waals surface area contributed by atoms with Crippen LogP contribution in [0, 0.1) is 0 Å². The molecule has 0 saturated carbocycles. The second-order valence-electron chi connectivity index (χ2n) is 9.13. The first kappa shape index (κ1) is 27.4. The molecule has 0 saturated heterocycles. The summed E-state index contributed by atoms with van der Waals surface area (Å²) in [6.45, 7) is 5.32. The van der Waals surface area contributed by atoms with Gasteiger partial charge in [-0.15, -0.1) is 0 Å². The molecule has 0 amide bonds. The number of fused-ring (bicyclic) bond motifs is 1. The highest BCUT2D eigenvalue weighted by molar-refractivity contribution is 9.10. The zero-order chi connectivity index (χ0) is 27.8. The van der Waals surface area contributed by atoms with Crippen LogP contribution in [0.25, 0.3) is 17.4 Å². The Kier molecular flexibility index (Phi) is 7.80. The number of ether oxygens (including phenoxy) is 2. The molecular weight excluding hydrogens is 648 g/mol. The molecule has 1 aliphatic heterocycles. The Labute approximate surface area is 245 Å². The summed E-state index contributed by atoms with van der Waals surface area (Å²) in [4.78, 5) is 32.4. The van der Waals surface area contributed by atoms with E-state index in [1.54, 1.807) is 40.0 Å². The lowest BCUT2D eigenvalue weighted by Crippen LogP contribution is -2.40. The first-order valence-electron chi connectivity index (χ1n) is 12.1. The van der Waals surface area contributed by atoms with Gasteiger partial charge in [0, 0.05) is 26.1 Å². The summed E-state index contributed by atoms with van der Waals surface area (Å²) in [6.07, 6.45) is 1.36. The van der Waals surface area contributed by atoms with Crippen molar-refractivity contribution >= 4 is 55.2 Å². The molecular formula is C29H24Br2N2O5S. The van der Waals surface area contributed by atoms with Gasteiger partial charge in [0.1, 0.15) is 23.3 Å². The van der Waals surface area contributed by atoms with Crippen molar-refractivity contribution in [2.24, 2.45) is 4.99 Å². The van der Waals surface area contributed by atoms with Crippen LogP contribution in [0.1, 0.15) is 38.1 Å². The number of allylic oxidation sites excluding steroid dienone is 1. The first-order valence-corrected chi connectivity index (χ1v) is 14.5. The van der Waals surface area contributed by atoms with Crippen LogP contribution in [-0.2, 0) is 9.53 Å². The van der Waals surface area contributed by atoms with Gasteiger partial charge in [-0.05, 0) is 63.2 Å². The van der Waals surface area contributed by atoms with Crippen LogP contribution in [0.5, 0.6) is 5.75 Å². The monoisotopic (exact) mass is 670 g/mol. The molecule has 1 atom stereocenters. The lowest BCUT2D eigenvalue weighted by molar-refractivity contribution is -0.143. The number of carbonyl (C=O) groups excluding carboxylic acids is 1. The number of benzene rings is 2. The lowest BCUT2D eigenvalue weighted by Gasteiger charge is -2.26. The lowest BCUT2D eigenvalue weighted by atomic mass is 9.95. The number of furan rings is 1. The number of thiazole rings is 1. The standard InChI is InChI=1S/C29H24Br2N2O5S/c1-15(2)37-28(35)25-16(3)32-29-33(26(25)21-13-19(31)9-11-23(21)36-4)27(34)24(39-29)14-20-10-12-22(38-20)17-5-7-18(30)8-6-17/h5-15,26H,1-4H3/b24-14-/t26-/m1/s1. The van der Waals surface area contributed by atoms with Gasteiger partial charge in [-0.2, -0.15) is 0 Å². The summed E-state index contributed by atoms with van der Waals surface area (Å²) in [5.74, 6) is 1.22. The van der Waals surface area contributed by atoms with Gasteiger partial charge >= 0.3 is 5.97 Å². The topological polar surface area (TPSA) is 83.0 Å². The Bertz CT molecular complexity index is 1780. The third-order valence-corrected chi connectivity index (χ3v) is 8.10. The Balaban J connectivity index is 1.67. The minimum atomic E-state index is -0.794. The fourth-order valence-corrected chi connectivity index (χ4v) is 6.07.